The molecule has 2 aromatic carbocycles. The van der Waals surface area contributed by atoms with Crippen molar-refractivity contribution in [3.63, 3.8) is 0 Å². The predicted octanol–water partition coefficient (Wildman–Crippen LogP) is 1.90. The number of hydrogen-bond acceptors (Lipinski definition) is 6. The largest absolute Gasteiger partial charge is 0.508 e. The lowest BCUT2D eigenvalue weighted by molar-refractivity contribution is -0.0127. The topological polar surface area (TPSA) is 110 Å². The van der Waals surface area contributed by atoms with Gasteiger partial charge in [0.25, 0.3) is 0 Å². The molecule has 3 rings (SSSR count). The lowest BCUT2D eigenvalue weighted by Crippen LogP contribution is -2.44. The molecule has 116 valence electrons. The summed E-state index contributed by atoms with van der Waals surface area (Å²) in [6.07, 6.45) is -1.23. The molecule has 6 nitrogen and oxygen atoms in total. The standard InChI is InChI=1S/C15H13ClO6/c16-15(7-1-2-10(18)12(20)3-7)14(21)6-9-11(19)4-8(17)5-13(9)22-15/h1-5,14,17-21H,6H2/t14-,15?/m1/s1. The van der Waals surface area contributed by atoms with E-state index in [0.717, 1.165) is 6.07 Å². The Kier molecular flexibility index (Phi) is 3.23. The lowest BCUT2D eigenvalue weighted by Gasteiger charge is -2.38. The van der Waals surface area contributed by atoms with Crippen LogP contribution in [0.25, 0.3) is 0 Å². The Morgan fingerprint density at radius 2 is 1.73 bits per heavy atom. The molecule has 22 heavy (non-hydrogen) atoms. The average molecular weight is 325 g/mol. The van der Waals surface area contributed by atoms with Crippen LogP contribution in [0.3, 0.4) is 0 Å². The van der Waals surface area contributed by atoms with Gasteiger partial charge < -0.3 is 30.3 Å². The van der Waals surface area contributed by atoms with Crippen molar-refractivity contribution < 1.29 is 30.3 Å². The molecular formula is C15H13ClO6. The van der Waals surface area contributed by atoms with Gasteiger partial charge in [0.1, 0.15) is 23.4 Å². The molecule has 1 aliphatic rings. The third-order valence-electron chi connectivity index (χ3n) is 3.62. The van der Waals surface area contributed by atoms with Gasteiger partial charge in [0.2, 0.25) is 5.06 Å². The third kappa shape index (κ3) is 2.17. The SMILES string of the molecule is Oc1cc(O)c2c(c1)OC(Cl)(c1ccc(O)c(O)c1)[C@H](O)C2. The number of halogens is 1. The third-order valence-corrected chi connectivity index (χ3v) is 4.17. The van der Waals surface area contributed by atoms with E-state index in [2.05, 4.69) is 0 Å². The van der Waals surface area contributed by atoms with Crippen molar-refractivity contribution >= 4 is 11.6 Å². The maximum atomic E-state index is 10.3. The van der Waals surface area contributed by atoms with Crippen LogP contribution in [0, 0.1) is 0 Å². The Balaban J connectivity index is 2.09. The molecule has 1 heterocycles. The van der Waals surface area contributed by atoms with Crippen molar-refractivity contribution in [2.75, 3.05) is 0 Å². The normalized spacial score (nSPS) is 23.6. The van der Waals surface area contributed by atoms with Gasteiger partial charge in [-0.15, -0.1) is 0 Å². The number of rotatable bonds is 1. The molecule has 0 bridgehead atoms. The molecule has 7 heteroatoms. The number of alkyl halides is 1. The van der Waals surface area contributed by atoms with E-state index in [1.807, 2.05) is 0 Å². The Morgan fingerprint density at radius 3 is 2.41 bits per heavy atom. The first-order chi connectivity index (χ1) is 10.3. The van der Waals surface area contributed by atoms with E-state index in [4.69, 9.17) is 16.3 Å². The fourth-order valence-electron chi connectivity index (χ4n) is 2.45. The second-order valence-corrected chi connectivity index (χ2v) is 5.67. The smallest absolute Gasteiger partial charge is 0.234 e. The van der Waals surface area contributed by atoms with Gasteiger partial charge in [-0.05, 0) is 18.2 Å². The maximum absolute atomic E-state index is 10.3. The number of hydrogen-bond donors (Lipinski definition) is 5. The first-order valence-corrected chi connectivity index (χ1v) is 6.82. The van der Waals surface area contributed by atoms with Crippen molar-refractivity contribution in [2.24, 2.45) is 0 Å². The molecule has 1 aliphatic heterocycles. The Labute approximate surface area is 130 Å². The Morgan fingerprint density at radius 1 is 1.00 bits per heavy atom. The van der Waals surface area contributed by atoms with Gasteiger partial charge in [0, 0.05) is 29.7 Å². The van der Waals surface area contributed by atoms with E-state index in [0.29, 0.717) is 5.56 Å². The van der Waals surface area contributed by atoms with Crippen molar-refractivity contribution in [1.29, 1.82) is 0 Å². The first-order valence-electron chi connectivity index (χ1n) is 6.44. The fourth-order valence-corrected chi connectivity index (χ4v) is 2.73. The number of fused-ring (bicyclic) bond motifs is 1. The number of ether oxygens (including phenoxy) is 1. The van der Waals surface area contributed by atoms with Crippen molar-refractivity contribution in [2.45, 2.75) is 17.6 Å². The van der Waals surface area contributed by atoms with Gasteiger partial charge in [-0.3, -0.25) is 0 Å². The van der Waals surface area contributed by atoms with E-state index in [1.54, 1.807) is 0 Å². The molecule has 0 aliphatic carbocycles. The van der Waals surface area contributed by atoms with Crippen molar-refractivity contribution in [1.82, 2.24) is 0 Å². The lowest BCUT2D eigenvalue weighted by atomic mass is 9.93. The molecule has 0 radical (unpaired) electrons. The molecule has 0 amide bonds. The Bertz CT molecular complexity index is 747. The molecule has 0 fully saturated rings. The second kappa shape index (κ2) is 4.86. The minimum absolute atomic E-state index is 0.00736. The van der Waals surface area contributed by atoms with Crippen LogP contribution in [0.15, 0.2) is 30.3 Å². The highest BCUT2D eigenvalue weighted by atomic mass is 35.5. The summed E-state index contributed by atoms with van der Waals surface area (Å²) in [6.45, 7) is 0. The first kappa shape index (κ1) is 14.6. The molecule has 0 aromatic heterocycles. The maximum Gasteiger partial charge on any atom is 0.234 e. The second-order valence-electron chi connectivity index (χ2n) is 5.11. The summed E-state index contributed by atoms with van der Waals surface area (Å²) < 4.78 is 5.58. The fraction of sp³-hybridized carbons (Fsp3) is 0.200. The summed E-state index contributed by atoms with van der Waals surface area (Å²) in [5, 5.41) is 46.9. The number of aliphatic hydroxyl groups is 1. The summed E-state index contributed by atoms with van der Waals surface area (Å²) in [4.78, 5) is 0. The average Bonchev–Trinajstić information content (AvgIpc) is 2.44. The zero-order valence-corrected chi connectivity index (χ0v) is 11.9. The van der Waals surface area contributed by atoms with Crippen LogP contribution in [0.2, 0.25) is 0 Å². The van der Waals surface area contributed by atoms with E-state index < -0.39 is 16.9 Å². The van der Waals surface area contributed by atoms with E-state index in [1.165, 1.54) is 24.3 Å². The highest BCUT2D eigenvalue weighted by molar-refractivity contribution is 6.23. The molecule has 0 saturated carbocycles. The number of benzene rings is 2. The van der Waals surface area contributed by atoms with Crippen LogP contribution >= 0.6 is 11.6 Å². The monoisotopic (exact) mass is 324 g/mol. The van der Waals surface area contributed by atoms with Crippen molar-refractivity contribution in [3.8, 4) is 28.7 Å². The predicted molar refractivity (Wildman–Crippen MR) is 77.4 cm³/mol. The molecule has 5 N–H and O–H groups in total. The quantitative estimate of drug-likeness (QED) is 0.405. The molecule has 2 aromatic rings. The number of aliphatic hydroxyl groups excluding tert-OH is 1. The van der Waals surface area contributed by atoms with Gasteiger partial charge in [0.05, 0.1) is 0 Å². The van der Waals surface area contributed by atoms with E-state index >= 15 is 0 Å². The van der Waals surface area contributed by atoms with Crippen LogP contribution in [-0.4, -0.2) is 31.6 Å². The van der Waals surface area contributed by atoms with Crippen LogP contribution in [-0.2, 0) is 11.5 Å². The molecule has 0 saturated heterocycles. The molecule has 1 unspecified atom stereocenters. The summed E-state index contributed by atoms with van der Waals surface area (Å²) in [7, 11) is 0. The highest BCUT2D eigenvalue weighted by Gasteiger charge is 2.45. The Hall–Kier alpha value is -2.31. The zero-order chi connectivity index (χ0) is 16.1. The molecule has 0 spiro atoms. The molecule has 2 atom stereocenters. The minimum Gasteiger partial charge on any atom is -0.508 e. The van der Waals surface area contributed by atoms with Crippen LogP contribution in [0.1, 0.15) is 11.1 Å². The minimum atomic E-state index is -1.72. The summed E-state index contributed by atoms with van der Waals surface area (Å²) in [5.41, 5.74) is 0.551. The van der Waals surface area contributed by atoms with Crippen LogP contribution in [0.5, 0.6) is 28.7 Å². The van der Waals surface area contributed by atoms with Crippen molar-refractivity contribution in [3.05, 3.63) is 41.5 Å². The van der Waals surface area contributed by atoms with Gasteiger partial charge in [-0.1, -0.05) is 11.6 Å². The van der Waals surface area contributed by atoms with Gasteiger partial charge >= 0.3 is 0 Å². The van der Waals surface area contributed by atoms with E-state index in [9.17, 15) is 25.5 Å². The van der Waals surface area contributed by atoms with E-state index in [-0.39, 0.29) is 35.0 Å². The van der Waals surface area contributed by atoms with Crippen LogP contribution < -0.4 is 4.74 Å². The summed E-state index contributed by atoms with van der Waals surface area (Å²) >= 11 is 6.38. The van der Waals surface area contributed by atoms with Gasteiger partial charge in [-0.2, -0.15) is 0 Å². The number of aromatic hydroxyl groups is 4. The van der Waals surface area contributed by atoms with Gasteiger partial charge in [-0.25, -0.2) is 0 Å². The molecular weight excluding hydrogens is 312 g/mol. The van der Waals surface area contributed by atoms with Crippen LogP contribution in [0.4, 0.5) is 0 Å². The number of phenolic OH excluding ortho intramolecular Hbond substituents is 4. The van der Waals surface area contributed by atoms with Gasteiger partial charge in [0.15, 0.2) is 11.5 Å². The highest BCUT2D eigenvalue weighted by Crippen LogP contribution is 2.47. The summed E-state index contributed by atoms with van der Waals surface area (Å²) in [5.74, 6) is -1.02. The summed E-state index contributed by atoms with van der Waals surface area (Å²) in [6, 6.07) is 6.22. The number of phenols is 4. The zero-order valence-electron chi connectivity index (χ0n) is 11.2.